The van der Waals surface area contributed by atoms with Gasteiger partial charge in [0.1, 0.15) is 12.1 Å². The third-order valence-corrected chi connectivity index (χ3v) is 5.02. The highest BCUT2D eigenvalue weighted by Gasteiger charge is 2.32. The van der Waals surface area contributed by atoms with Gasteiger partial charge in [-0.1, -0.05) is 18.2 Å². The Bertz CT molecular complexity index is 1070. The van der Waals surface area contributed by atoms with Crippen molar-refractivity contribution in [3.05, 3.63) is 36.0 Å². The lowest BCUT2D eigenvalue weighted by Gasteiger charge is -2.24. The number of primary amides is 1. The molecule has 0 spiro atoms. The Kier molecular flexibility index (Phi) is 9.10. The van der Waals surface area contributed by atoms with E-state index in [0.29, 0.717) is 5.56 Å². The van der Waals surface area contributed by atoms with Gasteiger partial charge >= 0.3 is 5.97 Å². The van der Waals surface area contributed by atoms with Gasteiger partial charge in [0.05, 0.1) is 19.1 Å². The molecule has 2 aromatic rings. The second kappa shape index (κ2) is 11.8. The van der Waals surface area contributed by atoms with Gasteiger partial charge in [-0.05, 0) is 18.6 Å². The topological polar surface area (TPSA) is 230 Å². The number of aromatic amines is 1. The Morgan fingerprint density at radius 3 is 2.26 bits per heavy atom. The number of hydrogen-bond acceptors (Lipinski definition) is 7. The average Bonchev–Trinajstić information content (AvgIpc) is 3.18. The Morgan fingerprint density at radius 2 is 1.68 bits per heavy atom. The van der Waals surface area contributed by atoms with Gasteiger partial charge in [0, 0.05) is 23.5 Å². The molecule has 13 nitrogen and oxygen atoms in total. The van der Waals surface area contributed by atoms with E-state index in [0.717, 1.165) is 17.8 Å². The number of aliphatic carboxylic acids is 1. The van der Waals surface area contributed by atoms with E-state index in [1.165, 1.54) is 0 Å². The third kappa shape index (κ3) is 7.02. The summed E-state index contributed by atoms with van der Waals surface area (Å²) in [7, 11) is 0. The van der Waals surface area contributed by atoms with Gasteiger partial charge in [-0.3, -0.25) is 19.2 Å². The number of nitrogens with one attached hydrogen (secondary N) is 4. The number of amides is 4. The molecule has 0 radical (unpaired) electrons. The predicted molar refractivity (Wildman–Crippen MR) is 120 cm³/mol. The first-order valence-electron chi connectivity index (χ1n) is 10.4. The number of aliphatic hydroxyl groups is 1. The molecule has 0 saturated heterocycles. The molecule has 4 atom stereocenters. The molecule has 0 fully saturated rings. The van der Waals surface area contributed by atoms with E-state index in [2.05, 4.69) is 20.9 Å². The number of hydrogen-bond donors (Lipinski definition) is 8. The molecule has 1 aromatic carbocycles. The molecule has 4 amide bonds. The molecule has 4 unspecified atom stereocenters. The molecule has 34 heavy (non-hydrogen) atoms. The van der Waals surface area contributed by atoms with E-state index < -0.39 is 66.8 Å². The molecule has 2 rings (SSSR count). The normalized spacial score (nSPS) is 14.4. The van der Waals surface area contributed by atoms with Crippen LogP contribution in [0, 0.1) is 0 Å². The number of aliphatic hydroxyl groups excluding tert-OH is 1. The van der Waals surface area contributed by atoms with Crippen LogP contribution in [0.15, 0.2) is 30.5 Å². The number of benzene rings is 1. The Balaban J connectivity index is 2.25. The number of carbonyl (C=O) groups is 5. The molecule has 0 bridgehead atoms. The van der Waals surface area contributed by atoms with Crippen LogP contribution in [0.25, 0.3) is 10.9 Å². The fraction of sp³-hybridized carbons (Fsp3) is 0.381. The molecular formula is C21H28N6O7. The first kappa shape index (κ1) is 26.3. The van der Waals surface area contributed by atoms with Crippen LogP contribution in [0.2, 0.25) is 0 Å². The molecule has 0 aliphatic rings. The molecule has 0 aliphatic heterocycles. The van der Waals surface area contributed by atoms with Crippen molar-refractivity contribution >= 4 is 40.5 Å². The third-order valence-electron chi connectivity index (χ3n) is 5.02. The minimum absolute atomic E-state index is 0.0257. The zero-order chi connectivity index (χ0) is 25.4. The summed E-state index contributed by atoms with van der Waals surface area (Å²) >= 11 is 0. The minimum Gasteiger partial charge on any atom is -0.480 e. The van der Waals surface area contributed by atoms with Crippen LogP contribution in [0.5, 0.6) is 0 Å². The van der Waals surface area contributed by atoms with Gasteiger partial charge in [-0.2, -0.15) is 0 Å². The fourth-order valence-corrected chi connectivity index (χ4v) is 3.31. The van der Waals surface area contributed by atoms with Crippen molar-refractivity contribution in [2.45, 2.75) is 44.0 Å². The Labute approximate surface area is 194 Å². The quantitative estimate of drug-likeness (QED) is 0.162. The minimum atomic E-state index is -1.68. The van der Waals surface area contributed by atoms with E-state index >= 15 is 0 Å². The van der Waals surface area contributed by atoms with Crippen LogP contribution >= 0.6 is 0 Å². The number of aromatic nitrogens is 1. The lowest BCUT2D eigenvalue weighted by molar-refractivity contribution is -0.145. The van der Waals surface area contributed by atoms with E-state index in [1.54, 1.807) is 6.20 Å². The highest BCUT2D eigenvalue weighted by atomic mass is 16.4. The Hall–Kier alpha value is -3.97. The molecule has 10 N–H and O–H groups in total. The maximum atomic E-state index is 13.0. The van der Waals surface area contributed by atoms with Crippen molar-refractivity contribution in [3.63, 3.8) is 0 Å². The summed E-state index contributed by atoms with van der Waals surface area (Å²) in [5.74, 6) is -4.95. The molecule has 0 saturated carbocycles. The SMILES string of the molecule is CC(O)C(NC(=O)C(CC(N)=O)NC(=O)C(Cc1c[nH]c2ccccc12)NC(=O)CN)C(=O)O. The first-order chi connectivity index (χ1) is 16.0. The summed E-state index contributed by atoms with van der Waals surface area (Å²) in [6.07, 6.45) is -0.399. The standard InChI is InChI=1S/C21H28N6O7/c1-10(28)18(21(33)34)27-20(32)15(7-16(23)29)26-19(31)14(25-17(30)8-22)6-11-9-24-13-5-3-2-4-12(11)13/h2-5,9-10,14-15,18,24,28H,6-8,22H2,1H3,(H2,23,29)(H,25,30)(H,26,31)(H,27,32)(H,33,34). The van der Waals surface area contributed by atoms with Crippen LogP contribution in [0.1, 0.15) is 18.9 Å². The maximum absolute atomic E-state index is 13.0. The Morgan fingerprint density at radius 1 is 1.03 bits per heavy atom. The van der Waals surface area contributed by atoms with E-state index in [1.807, 2.05) is 24.3 Å². The second-order valence-corrected chi connectivity index (χ2v) is 7.68. The second-order valence-electron chi connectivity index (χ2n) is 7.68. The van der Waals surface area contributed by atoms with E-state index in [-0.39, 0.29) is 6.42 Å². The summed E-state index contributed by atoms with van der Waals surface area (Å²) < 4.78 is 0. The molecule has 1 aromatic heterocycles. The van der Waals surface area contributed by atoms with Gasteiger partial charge in [0.25, 0.3) is 0 Å². The van der Waals surface area contributed by atoms with Crippen molar-refractivity contribution < 1.29 is 34.2 Å². The predicted octanol–water partition coefficient (Wildman–Crippen LogP) is -2.54. The van der Waals surface area contributed by atoms with Crippen LogP contribution < -0.4 is 27.4 Å². The summed E-state index contributed by atoms with van der Waals surface area (Å²) in [5, 5.41) is 26.4. The van der Waals surface area contributed by atoms with Crippen molar-refractivity contribution in [2.24, 2.45) is 11.5 Å². The number of rotatable bonds is 12. The highest BCUT2D eigenvalue weighted by Crippen LogP contribution is 2.19. The van der Waals surface area contributed by atoms with Gasteiger partial charge in [0.2, 0.25) is 23.6 Å². The number of carboxylic acids is 1. The van der Waals surface area contributed by atoms with Gasteiger partial charge in [-0.25, -0.2) is 4.79 Å². The summed E-state index contributed by atoms with van der Waals surface area (Å²) in [4.78, 5) is 63.4. The smallest absolute Gasteiger partial charge is 0.328 e. The van der Waals surface area contributed by atoms with Crippen molar-refractivity contribution in [2.75, 3.05) is 6.54 Å². The number of carboxylic acid groups (broad SMARTS) is 1. The zero-order valence-corrected chi connectivity index (χ0v) is 18.4. The maximum Gasteiger partial charge on any atom is 0.328 e. The van der Waals surface area contributed by atoms with Crippen LogP contribution in [-0.2, 0) is 30.4 Å². The lowest BCUT2D eigenvalue weighted by Crippen LogP contribution is -2.58. The van der Waals surface area contributed by atoms with Crippen molar-refractivity contribution in [3.8, 4) is 0 Å². The van der Waals surface area contributed by atoms with Crippen molar-refractivity contribution in [1.82, 2.24) is 20.9 Å². The van der Waals surface area contributed by atoms with E-state index in [4.69, 9.17) is 16.6 Å². The van der Waals surface area contributed by atoms with Gasteiger partial charge in [0.15, 0.2) is 6.04 Å². The number of para-hydroxylation sites is 1. The zero-order valence-electron chi connectivity index (χ0n) is 18.4. The molecule has 0 aliphatic carbocycles. The molecule has 1 heterocycles. The number of nitrogens with two attached hydrogens (primary N) is 2. The molecular weight excluding hydrogens is 448 g/mol. The summed E-state index contributed by atoms with van der Waals surface area (Å²) in [6, 6.07) is 2.89. The largest absolute Gasteiger partial charge is 0.480 e. The van der Waals surface area contributed by atoms with E-state index in [9.17, 15) is 29.1 Å². The average molecular weight is 476 g/mol. The lowest BCUT2D eigenvalue weighted by atomic mass is 10.0. The molecule has 184 valence electrons. The van der Waals surface area contributed by atoms with Gasteiger partial charge < -0.3 is 42.6 Å². The number of carbonyl (C=O) groups excluding carboxylic acids is 4. The number of fused-ring (bicyclic) bond motifs is 1. The highest BCUT2D eigenvalue weighted by molar-refractivity contribution is 5.96. The van der Waals surface area contributed by atoms with Crippen LogP contribution in [-0.4, -0.2) is 75.6 Å². The summed E-state index contributed by atoms with van der Waals surface area (Å²) in [5.41, 5.74) is 12.0. The van der Waals surface area contributed by atoms with Crippen LogP contribution in [0.4, 0.5) is 0 Å². The number of H-pyrrole nitrogens is 1. The van der Waals surface area contributed by atoms with Crippen molar-refractivity contribution in [1.29, 1.82) is 0 Å². The summed E-state index contributed by atoms with van der Waals surface area (Å²) in [6.45, 7) is 0.762. The fourth-order valence-electron chi connectivity index (χ4n) is 3.31. The molecule has 13 heteroatoms. The first-order valence-corrected chi connectivity index (χ1v) is 10.4. The monoisotopic (exact) mass is 476 g/mol. The van der Waals surface area contributed by atoms with Crippen LogP contribution in [0.3, 0.4) is 0 Å². The van der Waals surface area contributed by atoms with Gasteiger partial charge in [-0.15, -0.1) is 0 Å².